The summed E-state index contributed by atoms with van der Waals surface area (Å²) in [4.78, 5) is 0. The molecule has 0 amide bonds. The summed E-state index contributed by atoms with van der Waals surface area (Å²) in [6, 6.07) is 3.27. The molecule has 20 heavy (non-hydrogen) atoms. The maximum absolute atomic E-state index is 12.1. The third-order valence-corrected chi connectivity index (χ3v) is 7.46. The van der Waals surface area contributed by atoms with E-state index in [1.54, 1.807) is 12.1 Å². The van der Waals surface area contributed by atoms with E-state index in [1.165, 1.54) is 0 Å². The first-order chi connectivity index (χ1) is 9.12. The van der Waals surface area contributed by atoms with Crippen LogP contribution in [-0.4, -0.2) is 25.7 Å². The van der Waals surface area contributed by atoms with Crippen LogP contribution >= 0.6 is 27.3 Å². The predicted molar refractivity (Wildman–Crippen MR) is 84.4 cm³/mol. The SMILES string of the molecule is CC1(C)CCC(O)(CNS(=O)(=O)c2ccc(Br)s2)CC1. The Hall–Kier alpha value is 0.0500. The maximum atomic E-state index is 12.1. The Morgan fingerprint density at radius 2 is 1.90 bits per heavy atom. The highest BCUT2D eigenvalue weighted by Gasteiger charge is 2.37. The second-order valence-electron chi connectivity index (χ2n) is 6.27. The molecular weight excluding hydrogens is 362 g/mol. The molecule has 0 bridgehead atoms. The minimum Gasteiger partial charge on any atom is -0.389 e. The number of aliphatic hydroxyl groups is 1. The van der Waals surface area contributed by atoms with Gasteiger partial charge in [0.15, 0.2) is 0 Å². The van der Waals surface area contributed by atoms with Gasteiger partial charge in [-0.05, 0) is 59.2 Å². The molecule has 0 aliphatic heterocycles. The summed E-state index contributed by atoms with van der Waals surface area (Å²) in [6.45, 7) is 4.45. The van der Waals surface area contributed by atoms with Crippen LogP contribution in [0.25, 0.3) is 0 Å². The number of rotatable bonds is 4. The van der Waals surface area contributed by atoms with Crippen LogP contribution < -0.4 is 4.72 Å². The number of halogens is 1. The summed E-state index contributed by atoms with van der Waals surface area (Å²) in [6.07, 6.45) is 3.10. The Morgan fingerprint density at radius 1 is 1.30 bits per heavy atom. The fourth-order valence-electron chi connectivity index (χ4n) is 2.31. The van der Waals surface area contributed by atoms with Gasteiger partial charge < -0.3 is 5.11 Å². The second-order valence-corrected chi connectivity index (χ2v) is 10.7. The molecule has 1 aromatic heterocycles. The molecule has 0 radical (unpaired) electrons. The molecule has 1 fully saturated rings. The summed E-state index contributed by atoms with van der Waals surface area (Å²) in [5.74, 6) is 0. The first-order valence-corrected chi connectivity index (χ1v) is 9.69. The van der Waals surface area contributed by atoms with Gasteiger partial charge in [-0.25, -0.2) is 13.1 Å². The van der Waals surface area contributed by atoms with Crippen LogP contribution in [-0.2, 0) is 10.0 Å². The third kappa shape index (κ3) is 4.04. The molecule has 0 aromatic carbocycles. The van der Waals surface area contributed by atoms with Gasteiger partial charge in [-0.15, -0.1) is 11.3 Å². The van der Waals surface area contributed by atoms with Gasteiger partial charge in [-0.1, -0.05) is 13.8 Å². The summed E-state index contributed by atoms with van der Waals surface area (Å²) in [7, 11) is -3.53. The molecule has 0 atom stereocenters. The molecule has 2 N–H and O–H groups in total. The lowest BCUT2D eigenvalue weighted by atomic mass is 9.71. The zero-order chi connectivity index (χ0) is 15.0. The van der Waals surface area contributed by atoms with E-state index in [0.717, 1.165) is 28.0 Å². The van der Waals surface area contributed by atoms with E-state index in [2.05, 4.69) is 34.5 Å². The minimum absolute atomic E-state index is 0.0843. The Morgan fingerprint density at radius 3 is 2.40 bits per heavy atom. The van der Waals surface area contributed by atoms with Crippen molar-refractivity contribution in [1.29, 1.82) is 0 Å². The lowest BCUT2D eigenvalue weighted by molar-refractivity contribution is -0.0205. The monoisotopic (exact) mass is 381 g/mol. The number of thiophene rings is 1. The van der Waals surface area contributed by atoms with Gasteiger partial charge in [0.2, 0.25) is 10.0 Å². The highest BCUT2D eigenvalue weighted by Crippen LogP contribution is 2.40. The van der Waals surface area contributed by atoms with Crippen LogP contribution in [0.3, 0.4) is 0 Å². The van der Waals surface area contributed by atoms with Gasteiger partial charge in [0.1, 0.15) is 4.21 Å². The molecule has 1 aliphatic rings. The van der Waals surface area contributed by atoms with Gasteiger partial charge >= 0.3 is 0 Å². The molecule has 1 saturated carbocycles. The number of hydrogen-bond acceptors (Lipinski definition) is 4. The minimum atomic E-state index is -3.53. The largest absolute Gasteiger partial charge is 0.389 e. The van der Waals surface area contributed by atoms with E-state index in [4.69, 9.17) is 0 Å². The Balaban J connectivity index is 1.98. The van der Waals surface area contributed by atoms with Crippen molar-refractivity contribution in [1.82, 2.24) is 4.72 Å². The van der Waals surface area contributed by atoms with E-state index in [0.29, 0.717) is 12.8 Å². The normalized spacial score (nSPS) is 21.8. The number of nitrogens with one attached hydrogen (secondary N) is 1. The first kappa shape index (κ1) is 16.4. The molecule has 1 aromatic rings. The molecule has 2 rings (SSSR count). The van der Waals surface area contributed by atoms with Crippen molar-refractivity contribution in [3.63, 3.8) is 0 Å². The quantitative estimate of drug-likeness (QED) is 0.841. The zero-order valence-electron chi connectivity index (χ0n) is 11.6. The van der Waals surface area contributed by atoms with Crippen molar-refractivity contribution < 1.29 is 13.5 Å². The van der Waals surface area contributed by atoms with Crippen LogP contribution in [0.2, 0.25) is 0 Å². The van der Waals surface area contributed by atoms with Gasteiger partial charge in [-0.2, -0.15) is 0 Å². The summed E-state index contributed by atoms with van der Waals surface area (Å²) in [5, 5.41) is 10.5. The van der Waals surface area contributed by atoms with E-state index < -0.39 is 15.6 Å². The Labute approximate surface area is 132 Å². The van der Waals surface area contributed by atoms with E-state index in [-0.39, 0.29) is 16.2 Å². The van der Waals surface area contributed by atoms with Gasteiger partial charge in [0.25, 0.3) is 0 Å². The van der Waals surface area contributed by atoms with E-state index >= 15 is 0 Å². The van der Waals surface area contributed by atoms with Crippen molar-refractivity contribution in [3.05, 3.63) is 15.9 Å². The number of sulfonamides is 1. The van der Waals surface area contributed by atoms with E-state index in [9.17, 15) is 13.5 Å². The predicted octanol–water partition coefficient (Wildman–Crippen LogP) is 3.12. The highest BCUT2D eigenvalue weighted by molar-refractivity contribution is 9.11. The van der Waals surface area contributed by atoms with Crippen molar-refractivity contribution >= 4 is 37.3 Å². The maximum Gasteiger partial charge on any atom is 0.250 e. The van der Waals surface area contributed by atoms with Gasteiger partial charge in [0, 0.05) is 6.54 Å². The standard InChI is InChI=1S/C13H20BrNO3S2/c1-12(2)5-7-13(16,8-6-12)9-15-20(17,18)11-4-3-10(14)19-11/h3-4,15-16H,5-9H2,1-2H3. The average molecular weight is 382 g/mol. The van der Waals surface area contributed by atoms with Crippen molar-refractivity contribution in [3.8, 4) is 0 Å². The smallest absolute Gasteiger partial charge is 0.250 e. The molecule has 114 valence electrons. The summed E-state index contributed by atoms with van der Waals surface area (Å²) in [5.41, 5.74) is -0.680. The van der Waals surface area contributed by atoms with Crippen LogP contribution in [0.4, 0.5) is 0 Å². The van der Waals surface area contributed by atoms with Crippen molar-refractivity contribution in [2.45, 2.75) is 49.3 Å². The Bertz CT molecular complexity index is 570. The Kier molecular flexibility index (Phi) is 4.67. The highest BCUT2D eigenvalue weighted by atomic mass is 79.9. The topological polar surface area (TPSA) is 66.4 Å². The van der Waals surface area contributed by atoms with Crippen LogP contribution in [0.1, 0.15) is 39.5 Å². The molecule has 7 heteroatoms. The third-order valence-electron chi connectivity index (χ3n) is 3.94. The molecule has 1 heterocycles. The van der Waals surface area contributed by atoms with Gasteiger partial charge in [0.05, 0.1) is 9.39 Å². The second kappa shape index (κ2) is 5.68. The summed E-state index contributed by atoms with van der Waals surface area (Å²) >= 11 is 4.42. The fourth-order valence-corrected chi connectivity index (χ4v) is 5.49. The summed E-state index contributed by atoms with van der Waals surface area (Å²) < 4.78 is 27.8. The zero-order valence-corrected chi connectivity index (χ0v) is 14.9. The fraction of sp³-hybridized carbons (Fsp3) is 0.692. The molecule has 1 aliphatic carbocycles. The average Bonchev–Trinajstić information content (AvgIpc) is 2.79. The van der Waals surface area contributed by atoms with E-state index in [1.807, 2.05) is 0 Å². The van der Waals surface area contributed by atoms with Crippen molar-refractivity contribution in [2.75, 3.05) is 6.54 Å². The number of hydrogen-bond donors (Lipinski definition) is 2. The lowest BCUT2D eigenvalue weighted by Gasteiger charge is -2.40. The van der Waals surface area contributed by atoms with Crippen LogP contribution in [0, 0.1) is 5.41 Å². The molecule has 4 nitrogen and oxygen atoms in total. The van der Waals surface area contributed by atoms with Crippen LogP contribution in [0.15, 0.2) is 20.1 Å². The molecule has 0 saturated heterocycles. The molecule has 0 unspecified atom stereocenters. The van der Waals surface area contributed by atoms with Gasteiger partial charge in [-0.3, -0.25) is 0 Å². The van der Waals surface area contributed by atoms with Crippen molar-refractivity contribution in [2.24, 2.45) is 5.41 Å². The molecule has 0 spiro atoms. The first-order valence-electron chi connectivity index (χ1n) is 6.59. The lowest BCUT2D eigenvalue weighted by Crippen LogP contribution is -2.46. The van der Waals surface area contributed by atoms with Crippen LogP contribution in [0.5, 0.6) is 0 Å². The molecular formula is C13H20BrNO3S2.